The molecule has 0 aromatic heterocycles. The highest BCUT2D eigenvalue weighted by atomic mass is 32.2. The van der Waals surface area contributed by atoms with Crippen LogP contribution in [-0.4, -0.2) is 43.0 Å². The minimum atomic E-state index is -4.12. The SMILES string of the molecule is O=C(O)NS(=O)(=O)c1ccc(CCNC(=O)N2Cc3ccccc3C2=O)cc1. The Morgan fingerprint density at radius 3 is 2.39 bits per heavy atom. The first-order valence-corrected chi connectivity index (χ1v) is 9.78. The van der Waals surface area contributed by atoms with E-state index >= 15 is 0 Å². The van der Waals surface area contributed by atoms with E-state index in [9.17, 15) is 22.8 Å². The molecule has 10 heteroatoms. The monoisotopic (exact) mass is 403 g/mol. The normalized spacial score (nSPS) is 13.1. The number of carbonyl (C=O) groups is 3. The summed E-state index contributed by atoms with van der Waals surface area (Å²) >= 11 is 0. The van der Waals surface area contributed by atoms with Crippen LogP contribution in [0.25, 0.3) is 0 Å². The zero-order chi connectivity index (χ0) is 20.3. The molecule has 4 amide bonds. The van der Waals surface area contributed by atoms with Crippen LogP contribution in [0.3, 0.4) is 0 Å². The third kappa shape index (κ3) is 4.12. The van der Waals surface area contributed by atoms with E-state index < -0.39 is 22.1 Å². The van der Waals surface area contributed by atoms with Crippen molar-refractivity contribution in [3.63, 3.8) is 0 Å². The maximum Gasteiger partial charge on any atom is 0.418 e. The number of benzene rings is 2. The molecule has 0 saturated carbocycles. The number of sulfonamides is 1. The third-order valence-electron chi connectivity index (χ3n) is 4.21. The zero-order valence-electron chi connectivity index (χ0n) is 14.6. The molecule has 0 fully saturated rings. The predicted molar refractivity (Wildman–Crippen MR) is 98.2 cm³/mol. The van der Waals surface area contributed by atoms with Crippen molar-refractivity contribution in [3.05, 3.63) is 65.2 Å². The van der Waals surface area contributed by atoms with Gasteiger partial charge < -0.3 is 10.4 Å². The van der Waals surface area contributed by atoms with Crippen LogP contribution in [0.2, 0.25) is 0 Å². The van der Waals surface area contributed by atoms with Gasteiger partial charge in [-0.3, -0.25) is 9.69 Å². The first-order chi connectivity index (χ1) is 13.3. The van der Waals surface area contributed by atoms with E-state index in [4.69, 9.17) is 5.11 Å². The van der Waals surface area contributed by atoms with Crippen molar-refractivity contribution in [1.82, 2.24) is 14.9 Å². The van der Waals surface area contributed by atoms with E-state index in [0.717, 1.165) is 16.0 Å². The number of hydrogen-bond acceptors (Lipinski definition) is 5. The quantitative estimate of drug-likeness (QED) is 0.694. The van der Waals surface area contributed by atoms with E-state index in [1.54, 1.807) is 18.2 Å². The molecule has 2 aromatic carbocycles. The standard InChI is InChI=1S/C18H17N3O6S/c22-16-15-4-2-1-3-13(15)11-21(16)17(23)19-10-9-12-5-7-14(8-6-12)28(26,27)20-18(24)25/h1-8,20H,9-11H2,(H,19,23)(H,24,25). The van der Waals surface area contributed by atoms with Crippen LogP contribution < -0.4 is 10.0 Å². The molecule has 0 atom stereocenters. The summed E-state index contributed by atoms with van der Waals surface area (Å²) in [6.07, 6.45) is -1.25. The topological polar surface area (TPSA) is 133 Å². The molecule has 2 aromatic rings. The lowest BCUT2D eigenvalue weighted by atomic mass is 10.1. The molecule has 0 saturated heterocycles. The van der Waals surface area contributed by atoms with Crippen LogP contribution in [0, 0.1) is 0 Å². The van der Waals surface area contributed by atoms with Gasteiger partial charge in [-0.05, 0) is 35.7 Å². The smallest absolute Gasteiger partial charge is 0.418 e. The van der Waals surface area contributed by atoms with Gasteiger partial charge in [-0.25, -0.2) is 22.7 Å². The fraction of sp³-hybridized carbons (Fsp3) is 0.167. The first-order valence-electron chi connectivity index (χ1n) is 8.30. The highest BCUT2D eigenvalue weighted by Gasteiger charge is 2.31. The van der Waals surface area contributed by atoms with Crippen molar-refractivity contribution in [2.75, 3.05) is 6.54 Å². The van der Waals surface area contributed by atoms with Crippen molar-refractivity contribution in [2.45, 2.75) is 17.9 Å². The minimum absolute atomic E-state index is 0.178. The lowest BCUT2D eigenvalue weighted by Crippen LogP contribution is -2.40. The van der Waals surface area contributed by atoms with E-state index in [1.165, 1.54) is 29.0 Å². The number of carbonyl (C=O) groups excluding carboxylic acids is 2. The Balaban J connectivity index is 1.54. The van der Waals surface area contributed by atoms with Crippen LogP contribution in [0.5, 0.6) is 0 Å². The number of fused-ring (bicyclic) bond motifs is 1. The number of imide groups is 1. The molecule has 146 valence electrons. The second-order valence-electron chi connectivity index (χ2n) is 6.08. The van der Waals surface area contributed by atoms with Gasteiger partial charge in [0.15, 0.2) is 0 Å². The summed E-state index contributed by atoms with van der Waals surface area (Å²) in [5.41, 5.74) is 2.06. The number of carboxylic acid groups (broad SMARTS) is 1. The Kier molecular flexibility index (Phi) is 5.32. The van der Waals surface area contributed by atoms with Gasteiger partial charge in [0.25, 0.3) is 15.9 Å². The fourth-order valence-electron chi connectivity index (χ4n) is 2.84. The van der Waals surface area contributed by atoms with E-state index in [-0.39, 0.29) is 23.9 Å². The molecule has 3 rings (SSSR count). The summed E-state index contributed by atoms with van der Waals surface area (Å²) in [5.74, 6) is -0.339. The molecule has 3 N–H and O–H groups in total. The number of urea groups is 1. The summed E-state index contributed by atoms with van der Waals surface area (Å²) in [4.78, 5) is 36.0. The van der Waals surface area contributed by atoms with Crippen molar-refractivity contribution >= 4 is 28.1 Å². The molecule has 1 aliphatic heterocycles. The molecule has 0 bridgehead atoms. The fourth-order valence-corrected chi connectivity index (χ4v) is 3.68. The summed E-state index contributed by atoms with van der Waals surface area (Å²) in [7, 11) is -4.12. The van der Waals surface area contributed by atoms with Crippen LogP contribution in [0.15, 0.2) is 53.4 Å². The molecule has 0 aliphatic carbocycles. The average molecular weight is 403 g/mol. The number of rotatable bonds is 5. The van der Waals surface area contributed by atoms with Gasteiger partial charge in [0.05, 0.1) is 11.4 Å². The van der Waals surface area contributed by atoms with Gasteiger partial charge in [0.2, 0.25) is 0 Å². The highest BCUT2D eigenvalue weighted by molar-refractivity contribution is 7.90. The Hall–Kier alpha value is -3.40. The van der Waals surface area contributed by atoms with Crippen LogP contribution in [0.1, 0.15) is 21.5 Å². The lowest BCUT2D eigenvalue weighted by molar-refractivity contribution is 0.0821. The Morgan fingerprint density at radius 2 is 1.75 bits per heavy atom. The molecule has 28 heavy (non-hydrogen) atoms. The van der Waals surface area contributed by atoms with E-state index in [1.807, 2.05) is 6.07 Å². The summed E-state index contributed by atoms with van der Waals surface area (Å²) in [6.45, 7) is 0.475. The average Bonchev–Trinajstić information content (AvgIpc) is 2.98. The number of amides is 4. The van der Waals surface area contributed by atoms with E-state index in [0.29, 0.717) is 12.0 Å². The van der Waals surface area contributed by atoms with Crippen molar-refractivity contribution in [1.29, 1.82) is 0 Å². The second-order valence-corrected chi connectivity index (χ2v) is 7.77. The van der Waals surface area contributed by atoms with Gasteiger partial charge >= 0.3 is 12.1 Å². The van der Waals surface area contributed by atoms with Crippen LogP contribution in [0.4, 0.5) is 9.59 Å². The molecule has 0 spiro atoms. The summed E-state index contributed by atoms with van der Waals surface area (Å²) in [6, 6.07) is 12.2. The molecular formula is C18H17N3O6S. The first kappa shape index (κ1) is 19.4. The summed E-state index contributed by atoms with van der Waals surface area (Å²) < 4.78 is 24.9. The Bertz CT molecular complexity index is 1030. The zero-order valence-corrected chi connectivity index (χ0v) is 15.4. The predicted octanol–water partition coefficient (Wildman–Crippen LogP) is 1.55. The molecule has 9 nitrogen and oxygen atoms in total. The van der Waals surface area contributed by atoms with Gasteiger partial charge in [-0.15, -0.1) is 0 Å². The van der Waals surface area contributed by atoms with Crippen molar-refractivity contribution in [2.24, 2.45) is 0 Å². The van der Waals surface area contributed by atoms with E-state index in [2.05, 4.69) is 5.32 Å². The number of nitrogens with zero attached hydrogens (tertiary/aromatic N) is 1. The largest absolute Gasteiger partial charge is 0.464 e. The molecule has 1 aliphatic rings. The second kappa shape index (κ2) is 7.69. The van der Waals surface area contributed by atoms with Gasteiger partial charge in [0.1, 0.15) is 0 Å². The Morgan fingerprint density at radius 1 is 1.07 bits per heavy atom. The van der Waals surface area contributed by atoms with Gasteiger partial charge in [0, 0.05) is 12.1 Å². The molecular weight excluding hydrogens is 386 g/mol. The summed E-state index contributed by atoms with van der Waals surface area (Å²) in [5, 5.41) is 11.2. The van der Waals surface area contributed by atoms with Crippen LogP contribution >= 0.6 is 0 Å². The van der Waals surface area contributed by atoms with Gasteiger partial charge in [-0.2, -0.15) is 0 Å². The van der Waals surface area contributed by atoms with Crippen molar-refractivity contribution in [3.8, 4) is 0 Å². The molecule has 0 radical (unpaired) electrons. The van der Waals surface area contributed by atoms with Gasteiger partial charge in [-0.1, -0.05) is 30.3 Å². The third-order valence-corrected chi connectivity index (χ3v) is 5.55. The Labute approximate surface area is 161 Å². The minimum Gasteiger partial charge on any atom is -0.464 e. The highest BCUT2D eigenvalue weighted by Crippen LogP contribution is 2.22. The lowest BCUT2D eigenvalue weighted by Gasteiger charge is -2.14. The van der Waals surface area contributed by atoms with Crippen molar-refractivity contribution < 1.29 is 27.9 Å². The maximum absolute atomic E-state index is 12.3. The number of nitrogens with one attached hydrogen (secondary N) is 2. The maximum atomic E-state index is 12.3. The molecule has 0 unspecified atom stereocenters. The van der Waals surface area contributed by atoms with Crippen LogP contribution in [-0.2, 0) is 23.0 Å². The molecule has 1 heterocycles. The number of hydrogen-bond donors (Lipinski definition) is 3.